The van der Waals surface area contributed by atoms with Gasteiger partial charge in [0.15, 0.2) is 0 Å². The van der Waals surface area contributed by atoms with Crippen LogP contribution in [-0.4, -0.2) is 41.1 Å². The molecule has 1 aliphatic rings. The number of hydrogen-bond donors (Lipinski definition) is 1. The average molecular weight is 264 g/mol. The second kappa shape index (κ2) is 6.60. The first-order valence-corrected chi connectivity index (χ1v) is 7.75. The van der Waals surface area contributed by atoms with E-state index in [2.05, 4.69) is 60.8 Å². The van der Waals surface area contributed by atoms with Gasteiger partial charge in [-0.3, -0.25) is 4.90 Å². The maximum absolute atomic E-state index is 6.28. The van der Waals surface area contributed by atoms with Crippen LogP contribution in [0.5, 0.6) is 0 Å². The Bertz CT molecular complexity index is 345. The van der Waals surface area contributed by atoms with Crippen molar-refractivity contribution in [1.82, 2.24) is 4.90 Å². The summed E-state index contributed by atoms with van der Waals surface area (Å²) in [6.45, 7) is 8.01. The molecule has 2 rings (SSSR count). The monoisotopic (exact) mass is 264 g/mol. The molecule has 1 aromatic carbocycles. The first-order chi connectivity index (χ1) is 8.63. The van der Waals surface area contributed by atoms with Crippen molar-refractivity contribution in [3.63, 3.8) is 0 Å². The molecule has 3 unspecified atom stereocenters. The third kappa shape index (κ3) is 4.30. The Balaban J connectivity index is 1.82. The number of hydrogen-bond acceptors (Lipinski definition) is 3. The van der Waals surface area contributed by atoms with Crippen LogP contribution in [0.15, 0.2) is 30.3 Å². The molecule has 3 heteroatoms. The van der Waals surface area contributed by atoms with Crippen LogP contribution >= 0.6 is 11.8 Å². The van der Waals surface area contributed by atoms with Crippen LogP contribution in [0.3, 0.4) is 0 Å². The SMILES string of the molecule is CC1CN(CC(N)Cc2ccccc2)CC(C)S1. The van der Waals surface area contributed by atoms with Gasteiger partial charge in [0.25, 0.3) is 0 Å². The molecule has 3 atom stereocenters. The molecule has 2 N–H and O–H groups in total. The number of nitrogens with zero attached hydrogens (tertiary/aromatic N) is 1. The van der Waals surface area contributed by atoms with Crippen LogP contribution in [-0.2, 0) is 6.42 Å². The lowest BCUT2D eigenvalue weighted by atomic mass is 10.1. The molecule has 1 saturated heterocycles. The fourth-order valence-corrected chi connectivity index (χ4v) is 4.13. The summed E-state index contributed by atoms with van der Waals surface area (Å²) >= 11 is 2.09. The fourth-order valence-electron chi connectivity index (χ4n) is 2.75. The quantitative estimate of drug-likeness (QED) is 0.905. The average Bonchev–Trinajstić information content (AvgIpc) is 2.28. The largest absolute Gasteiger partial charge is 0.326 e. The molecule has 0 saturated carbocycles. The van der Waals surface area contributed by atoms with Crippen molar-refractivity contribution < 1.29 is 0 Å². The number of thioether (sulfide) groups is 1. The Hall–Kier alpha value is -0.510. The minimum absolute atomic E-state index is 0.245. The highest BCUT2D eigenvalue weighted by molar-refractivity contribution is 8.00. The van der Waals surface area contributed by atoms with Gasteiger partial charge in [0.05, 0.1) is 0 Å². The summed E-state index contributed by atoms with van der Waals surface area (Å²) in [6, 6.07) is 10.8. The van der Waals surface area contributed by atoms with Gasteiger partial charge in [-0.1, -0.05) is 44.2 Å². The summed E-state index contributed by atoms with van der Waals surface area (Å²) in [4.78, 5) is 2.53. The Morgan fingerprint density at radius 3 is 2.44 bits per heavy atom. The predicted molar refractivity (Wildman–Crippen MR) is 81.1 cm³/mol. The molecule has 0 amide bonds. The van der Waals surface area contributed by atoms with Crippen molar-refractivity contribution in [3.8, 4) is 0 Å². The van der Waals surface area contributed by atoms with Gasteiger partial charge in [-0.2, -0.15) is 11.8 Å². The summed E-state index contributed by atoms with van der Waals surface area (Å²) in [5.74, 6) is 0. The van der Waals surface area contributed by atoms with Gasteiger partial charge in [0.1, 0.15) is 0 Å². The number of rotatable bonds is 4. The summed E-state index contributed by atoms with van der Waals surface area (Å²) < 4.78 is 0. The third-order valence-corrected chi connectivity index (χ3v) is 4.56. The summed E-state index contributed by atoms with van der Waals surface area (Å²) in [5, 5.41) is 1.47. The third-order valence-electron chi connectivity index (χ3n) is 3.33. The van der Waals surface area contributed by atoms with Gasteiger partial charge in [-0.05, 0) is 12.0 Å². The Kier molecular flexibility index (Phi) is 5.10. The number of benzene rings is 1. The maximum Gasteiger partial charge on any atom is 0.0208 e. The van der Waals surface area contributed by atoms with E-state index in [9.17, 15) is 0 Å². The lowest BCUT2D eigenvalue weighted by molar-refractivity contribution is 0.253. The van der Waals surface area contributed by atoms with Crippen LogP contribution in [0.4, 0.5) is 0 Å². The van der Waals surface area contributed by atoms with Crippen LogP contribution in [0.2, 0.25) is 0 Å². The van der Waals surface area contributed by atoms with Crippen LogP contribution in [0.1, 0.15) is 19.4 Å². The molecule has 1 fully saturated rings. The zero-order chi connectivity index (χ0) is 13.0. The standard InChI is InChI=1S/C15H24N2S/c1-12-9-17(10-13(2)18-12)11-15(16)8-14-6-4-3-5-7-14/h3-7,12-13,15H,8-11,16H2,1-2H3. The Morgan fingerprint density at radius 2 is 1.83 bits per heavy atom. The van der Waals surface area contributed by atoms with Crippen LogP contribution in [0.25, 0.3) is 0 Å². The van der Waals surface area contributed by atoms with Crippen molar-refractivity contribution in [3.05, 3.63) is 35.9 Å². The van der Waals surface area contributed by atoms with Gasteiger partial charge < -0.3 is 5.73 Å². The molecule has 2 nitrogen and oxygen atoms in total. The molecule has 0 bridgehead atoms. The molecular weight excluding hydrogens is 240 g/mol. The van der Waals surface area contributed by atoms with Crippen LogP contribution < -0.4 is 5.73 Å². The molecule has 0 aliphatic carbocycles. The highest BCUT2D eigenvalue weighted by Gasteiger charge is 2.23. The smallest absolute Gasteiger partial charge is 0.0208 e. The molecule has 0 spiro atoms. The highest BCUT2D eigenvalue weighted by atomic mass is 32.2. The second-order valence-electron chi connectivity index (χ2n) is 5.43. The minimum Gasteiger partial charge on any atom is -0.326 e. The summed E-state index contributed by atoms with van der Waals surface area (Å²) in [7, 11) is 0. The lowest BCUT2D eigenvalue weighted by Crippen LogP contribution is -2.46. The van der Waals surface area contributed by atoms with Crippen molar-refractivity contribution in [2.45, 2.75) is 36.8 Å². The predicted octanol–water partition coefficient (Wildman–Crippen LogP) is 2.38. The van der Waals surface area contributed by atoms with Crippen LogP contribution in [0, 0.1) is 0 Å². The number of nitrogens with two attached hydrogens (primary N) is 1. The summed E-state index contributed by atoms with van der Waals surface area (Å²) in [5.41, 5.74) is 7.62. The van der Waals surface area contributed by atoms with E-state index in [0.717, 1.165) is 23.5 Å². The van der Waals surface area contributed by atoms with E-state index in [-0.39, 0.29) is 6.04 Å². The van der Waals surface area contributed by atoms with Crippen molar-refractivity contribution in [1.29, 1.82) is 0 Å². The Morgan fingerprint density at radius 1 is 1.22 bits per heavy atom. The molecule has 0 radical (unpaired) electrons. The lowest BCUT2D eigenvalue weighted by Gasteiger charge is -2.36. The summed E-state index contributed by atoms with van der Waals surface area (Å²) in [6.07, 6.45) is 0.979. The Labute approximate surface area is 115 Å². The van der Waals surface area contributed by atoms with Gasteiger partial charge >= 0.3 is 0 Å². The molecular formula is C15H24N2S. The van der Waals surface area contributed by atoms with E-state index in [4.69, 9.17) is 5.73 Å². The topological polar surface area (TPSA) is 29.3 Å². The maximum atomic E-state index is 6.28. The van der Waals surface area contributed by atoms with Gasteiger partial charge in [0.2, 0.25) is 0 Å². The van der Waals surface area contributed by atoms with Gasteiger partial charge in [-0.15, -0.1) is 0 Å². The van der Waals surface area contributed by atoms with E-state index in [1.807, 2.05) is 0 Å². The molecule has 1 aliphatic heterocycles. The normalized spacial score (nSPS) is 27.1. The van der Waals surface area contributed by atoms with E-state index < -0.39 is 0 Å². The molecule has 1 heterocycles. The molecule has 0 aromatic heterocycles. The fraction of sp³-hybridized carbons (Fsp3) is 0.600. The second-order valence-corrected chi connectivity index (χ2v) is 7.31. The minimum atomic E-state index is 0.245. The van der Waals surface area contributed by atoms with Gasteiger partial charge in [-0.25, -0.2) is 0 Å². The van der Waals surface area contributed by atoms with Crippen molar-refractivity contribution in [2.24, 2.45) is 5.73 Å². The van der Waals surface area contributed by atoms with E-state index in [1.165, 1.54) is 18.7 Å². The van der Waals surface area contributed by atoms with Crippen molar-refractivity contribution in [2.75, 3.05) is 19.6 Å². The van der Waals surface area contributed by atoms with Crippen molar-refractivity contribution >= 4 is 11.8 Å². The molecule has 1 aromatic rings. The highest BCUT2D eigenvalue weighted by Crippen LogP contribution is 2.24. The molecule has 18 heavy (non-hydrogen) atoms. The van der Waals surface area contributed by atoms with Gasteiger partial charge in [0, 0.05) is 36.2 Å². The first kappa shape index (κ1) is 13.9. The van der Waals surface area contributed by atoms with E-state index in [1.54, 1.807) is 0 Å². The first-order valence-electron chi connectivity index (χ1n) is 6.81. The zero-order valence-electron chi connectivity index (χ0n) is 11.4. The van der Waals surface area contributed by atoms with E-state index in [0.29, 0.717) is 0 Å². The molecule has 100 valence electrons. The zero-order valence-corrected chi connectivity index (χ0v) is 12.2. The van der Waals surface area contributed by atoms with E-state index >= 15 is 0 Å².